The van der Waals surface area contributed by atoms with E-state index < -0.39 is 0 Å². The van der Waals surface area contributed by atoms with Crippen LogP contribution in [-0.4, -0.2) is 19.1 Å². The molecule has 132 valence electrons. The van der Waals surface area contributed by atoms with Gasteiger partial charge in [0.1, 0.15) is 11.6 Å². The molecule has 0 heterocycles. The minimum Gasteiger partial charge on any atom is -0.493 e. The van der Waals surface area contributed by atoms with E-state index in [0.717, 1.165) is 36.1 Å². The lowest BCUT2D eigenvalue weighted by molar-refractivity contribution is -0.116. The van der Waals surface area contributed by atoms with Crippen LogP contribution in [0.3, 0.4) is 0 Å². The van der Waals surface area contributed by atoms with E-state index in [9.17, 15) is 9.18 Å². The molecule has 0 bridgehead atoms. The number of aryl methyl sites for hydroxylation is 1. The summed E-state index contributed by atoms with van der Waals surface area (Å²) in [5.41, 5.74) is 1.95. The molecule has 1 N–H and O–H groups in total. The number of carbonyl (C=O) groups excluding carboxylic acids is 1. The summed E-state index contributed by atoms with van der Waals surface area (Å²) in [5.74, 6) is 0.483. The van der Waals surface area contributed by atoms with Crippen molar-refractivity contribution in [1.29, 1.82) is 0 Å². The molecule has 0 aliphatic heterocycles. The Kier molecular flexibility index (Phi) is 7.70. The molecule has 0 saturated heterocycles. The van der Waals surface area contributed by atoms with Crippen molar-refractivity contribution in [2.75, 3.05) is 13.2 Å². The van der Waals surface area contributed by atoms with Gasteiger partial charge in [0.2, 0.25) is 5.91 Å². The lowest BCUT2D eigenvalue weighted by Gasteiger charge is -2.10. The molecule has 0 fully saturated rings. The van der Waals surface area contributed by atoms with Gasteiger partial charge in [-0.2, -0.15) is 0 Å². The van der Waals surface area contributed by atoms with Gasteiger partial charge >= 0.3 is 0 Å². The van der Waals surface area contributed by atoms with Crippen LogP contribution in [0, 0.1) is 5.82 Å². The van der Waals surface area contributed by atoms with Crippen molar-refractivity contribution in [2.24, 2.45) is 0 Å². The number of rotatable bonds is 9. The van der Waals surface area contributed by atoms with Crippen LogP contribution >= 0.6 is 0 Å². The Hall–Kier alpha value is -2.62. The second-order valence-corrected chi connectivity index (χ2v) is 5.74. The van der Waals surface area contributed by atoms with Gasteiger partial charge in [-0.05, 0) is 54.7 Å². The van der Waals surface area contributed by atoms with Crippen molar-refractivity contribution in [1.82, 2.24) is 5.32 Å². The summed E-state index contributed by atoms with van der Waals surface area (Å²) < 4.78 is 18.6. The highest BCUT2D eigenvalue weighted by Crippen LogP contribution is 2.19. The zero-order valence-corrected chi connectivity index (χ0v) is 14.5. The number of halogens is 1. The van der Waals surface area contributed by atoms with Crippen LogP contribution in [-0.2, 0) is 11.2 Å². The Morgan fingerprint density at radius 1 is 1.16 bits per heavy atom. The zero-order chi connectivity index (χ0) is 17.9. The van der Waals surface area contributed by atoms with E-state index in [2.05, 4.69) is 18.3 Å². The van der Waals surface area contributed by atoms with Crippen molar-refractivity contribution in [3.63, 3.8) is 0 Å². The van der Waals surface area contributed by atoms with Gasteiger partial charge in [-0.25, -0.2) is 4.39 Å². The Morgan fingerprint density at radius 3 is 2.68 bits per heavy atom. The normalized spacial score (nSPS) is 10.8. The Labute approximate surface area is 148 Å². The minimum atomic E-state index is -0.287. The van der Waals surface area contributed by atoms with Gasteiger partial charge < -0.3 is 10.1 Å². The van der Waals surface area contributed by atoms with Gasteiger partial charge in [0, 0.05) is 12.6 Å². The van der Waals surface area contributed by atoms with Crippen LogP contribution in [0.4, 0.5) is 4.39 Å². The van der Waals surface area contributed by atoms with Crippen molar-refractivity contribution in [3.05, 3.63) is 71.6 Å². The number of ether oxygens (including phenoxy) is 1. The van der Waals surface area contributed by atoms with Crippen molar-refractivity contribution >= 4 is 12.0 Å². The zero-order valence-electron chi connectivity index (χ0n) is 14.5. The van der Waals surface area contributed by atoms with E-state index in [4.69, 9.17) is 4.74 Å². The lowest BCUT2D eigenvalue weighted by atomic mass is 10.1. The van der Waals surface area contributed by atoms with E-state index in [1.807, 2.05) is 18.2 Å². The third-order valence-electron chi connectivity index (χ3n) is 3.65. The van der Waals surface area contributed by atoms with Crippen LogP contribution < -0.4 is 10.1 Å². The molecule has 3 nitrogen and oxygen atoms in total. The number of hydrogen-bond donors (Lipinski definition) is 1. The summed E-state index contributed by atoms with van der Waals surface area (Å²) in [6.07, 6.45) is 5.80. The summed E-state index contributed by atoms with van der Waals surface area (Å²) in [7, 11) is 0. The second kappa shape index (κ2) is 10.3. The van der Waals surface area contributed by atoms with Crippen LogP contribution in [0.2, 0.25) is 0 Å². The highest BCUT2D eigenvalue weighted by molar-refractivity contribution is 5.91. The summed E-state index contributed by atoms with van der Waals surface area (Å²) in [6.45, 7) is 3.38. The van der Waals surface area contributed by atoms with Gasteiger partial charge in [-0.3, -0.25) is 4.79 Å². The summed E-state index contributed by atoms with van der Waals surface area (Å²) in [4.78, 5) is 11.8. The quantitative estimate of drug-likeness (QED) is 0.543. The van der Waals surface area contributed by atoms with Gasteiger partial charge in [-0.15, -0.1) is 0 Å². The first-order valence-electron chi connectivity index (χ1n) is 8.61. The fourth-order valence-corrected chi connectivity index (χ4v) is 2.36. The first-order valence-corrected chi connectivity index (χ1v) is 8.61. The standard InChI is InChI=1S/C21H24FNO2/c1-2-16-25-20-8-4-3-6-18(20)7-5-15-23-21(24)14-11-17-9-12-19(22)13-10-17/h3-4,6,8-14H,2,5,7,15-16H2,1H3,(H,23,24)/b14-11+. The average molecular weight is 341 g/mol. The molecule has 0 aliphatic carbocycles. The molecular formula is C21H24FNO2. The maximum Gasteiger partial charge on any atom is 0.243 e. The molecule has 1 amide bonds. The Balaban J connectivity index is 1.73. The van der Waals surface area contributed by atoms with Crippen LogP contribution in [0.15, 0.2) is 54.6 Å². The molecule has 4 heteroatoms. The third kappa shape index (κ3) is 6.79. The van der Waals surface area contributed by atoms with E-state index in [1.165, 1.54) is 18.2 Å². The number of nitrogens with one attached hydrogen (secondary N) is 1. The van der Waals surface area contributed by atoms with Crippen molar-refractivity contribution in [2.45, 2.75) is 26.2 Å². The molecule has 0 spiro atoms. The highest BCUT2D eigenvalue weighted by atomic mass is 19.1. The number of carbonyl (C=O) groups is 1. The van der Waals surface area contributed by atoms with E-state index in [-0.39, 0.29) is 11.7 Å². The van der Waals surface area contributed by atoms with Gasteiger partial charge in [0.15, 0.2) is 0 Å². The van der Waals surface area contributed by atoms with E-state index in [1.54, 1.807) is 18.2 Å². The molecule has 0 saturated carbocycles. The summed E-state index contributed by atoms with van der Waals surface area (Å²) in [5, 5.41) is 2.86. The molecule has 0 aromatic heterocycles. The molecule has 2 rings (SSSR count). The second-order valence-electron chi connectivity index (χ2n) is 5.74. The maximum atomic E-state index is 12.8. The molecule has 2 aromatic rings. The predicted molar refractivity (Wildman–Crippen MR) is 99.0 cm³/mol. The van der Waals surface area contributed by atoms with Crippen LogP contribution in [0.5, 0.6) is 5.75 Å². The minimum absolute atomic E-state index is 0.153. The predicted octanol–water partition coefficient (Wildman–Crippen LogP) is 4.38. The fourth-order valence-electron chi connectivity index (χ4n) is 2.36. The maximum absolute atomic E-state index is 12.8. The van der Waals surface area contributed by atoms with Crippen LogP contribution in [0.25, 0.3) is 6.08 Å². The average Bonchev–Trinajstić information content (AvgIpc) is 2.64. The van der Waals surface area contributed by atoms with Gasteiger partial charge in [0.25, 0.3) is 0 Å². The van der Waals surface area contributed by atoms with E-state index >= 15 is 0 Å². The molecule has 0 atom stereocenters. The summed E-state index contributed by atoms with van der Waals surface area (Å²) in [6, 6.07) is 14.0. The van der Waals surface area contributed by atoms with Crippen LogP contribution in [0.1, 0.15) is 30.9 Å². The Bertz CT molecular complexity index is 695. The smallest absolute Gasteiger partial charge is 0.243 e. The lowest BCUT2D eigenvalue weighted by Crippen LogP contribution is -2.22. The van der Waals surface area contributed by atoms with Gasteiger partial charge in [0.05, 0.1) is 6.61 Å². The van der Waals surface area contributed by atoms with Crippen molar-refractivity contribution in [3.8, 4) is 5.75 Å². The number of hydrogen-bond acceptors (Lipinski definition) is 2. The number of para-hydroxylation sites is 1. The first-order chi connectivity index (χ1) is 12.2. The monoisotopic (exact) mass is 341 g/mol. The first kappa shape index (κ1) is 18.7. The highest BCUT2D eigenvalue weighted by Gasteiger charge is 2.03. The fraction of sp³-hybridized carbons (Fsp3) is 0.286. The van der Waals surface area contributed by atoms with Crippen molar-refractivity contribution < 1.29 is 13.9 Å². The third-order valence-corrected chi connectivity index (χ3v) is 3.65. The Morgan fingerprint density at radius 2 is 1.92 bits per heavy atom. The van der Waals surface area contributed by atoms with E-state index in [0.29, 0.717) is 13.2 Å². The van der Waals surface area contributed by atoms with Gasteiger partial charge in [-0.1, -0.05) is 37.3 Å². The molecular weight excluding hydrogens is 317 g/mol. The molecule has 0 radical (unpaired) electrons. The largest absolute Gasteiger partial charge is 0.493 e. The SMILES string of the molecule is CCCOc1ccccc1CCCNC(=O)/C=C/c1ccc(F)cc1. The topological polar surface area (TPSA) is 38.3 Å². The molecule has 25 heavy (non-hydrogen) atoms. The molecule has 2 aromatic carbocycles. The summed E-state index contributed by atoms with van der Waals surface area (Å²) >= 11 is 0. The number of amides is 1. The molecule has 0 aliphatic rings. The number of benzene rings is 2. The molecule has 0 unspecified atom stereocenters.